The van der Waals surface area contributed by atoms with Crippen molar-refractivity contribution >= 4 is 5.91 Å². The third-order valence-electron chi connectivity index (χ3n) is 2.96. The van der Waals surface area contributed by atoms with E-state index in [4.69, 9.17) is 5.11 Å². The van der Waals surface area contributed by atoms with E-state index in [2.05, 4.69) is 5.10 Å². The Kier molecular flexibility index (Phi) is 6.38. The molecule has 1 N–H and O–H groups in total. The zero-order valence-corrected chi connectivity index (χ0v) is 12.4. The number of hydrogen-bond donors (Lipinski definition) is 1. The number of rotatable bonds is 7. The second-order valence-electron chi connectivity index (χ2n) is 4.95. The molecule has 6 nitrogen and oxygen atoms in total. The van der Waals surface area contributed by atoms with E-state index in [-0.39, 0.29) is 29.8 Å². The lowest BCUT2D eigenvalue weighted by Crippen LogP contribution is -2.39. The molecule has 1 aromatic rings. The molecule has 20 heavy (non-hydrogen) atoms. The van der Waals surface area contributed by atoms with Crippen LogP contribution in [0.2, 0.25) is 0 Å². The quantitative estimate of drug-likeness (QED) is 0.805. The Hall–Kier alpha value is -1.69. The lowest BCUT2D eigenvalue weighted by atomic mass is 10.2. The summed E-state index contributed by atoms with van der Waals surface area (Å²) in [5.41, 5.74) is 0.0690. The van der Waals surface area contributed by atoms with Crippen molar-refractivity contribution in [2.45, 2.75) is 46.2 Å². The summed E-state index contributed by atoms with van der Waals surface area (Å²) in [6.07, 6.45) is 1.31. The highest BCUT2D eigenvalue weighted by molar-refractivity contribution is 5.92. The Labute approximate surface area is 119 Å². The SMILES string of the molecule is CCCn1nc(C(=O)N(CCCO)C(C)C)ccc1=O. The van der Waals surface area contributed by atoms with Gasteiger partial charge in [0.1, 0.15) is 5.69 Å². The monoisotopic (exact) mass is 281 g/mol. The van der Waals surface area contributed by atoms with Gasteiger partial charge in [-0.3, -0.25) is 9.59 Å². The number of carbonyl (C=O) groups excluding carboxylic acids is 1. The summed E-state index contributed by atoms with van der Waals surface area (Å²) in [6.45, 7) is 6.79. The molecule has 0 bridgehead atoms. The van der Waals surface area contributed by atoms with Crippen LogP contribution in [0.5, 0.6) is 0 Å². The highest BCUT2D eigenvalue weighted by Gasteiger charge is 2.20. The minimum atomic E-state index is -0.210. The third-order valence-corrected chi connectivity index (χ3v) is 2.96. The van der Waals surface area contributed by atoms with Gasteiger partial charge in [0.05, 0.1) is 0 Å². The van der Waals surface area contributed by atoms with Crippen molar-refractivity contribution in [3.05, 3.63) is 28.2 Å². The van der Waals surface area contributed by atoms with Crippen LogP contribution in [0.1, 0.15) is 44.1 Å². The summed E-state index contributed by atoms with van der Waals surface area (Å²) in [7, 11) is 0. The number of aliphatic hydroxyl groups is 1. The summed E-state index contributed by atoms with van der Waals surface area (Å²) in [6, 6.07) is 2.85. The number of hydrogen-bond acceptors (Lipinski definition) is 4. The number of amides is 1. The van der Waals surface area contributed by atoms with Crippen LogP contribution >= 0.6 is 0 Å². The highest BCUT2D eigenvalue weighted by atomic mass is 16.3. The minimum absolute atomic E-state index is 0.0161. The average molecular weight is 281 g/mol. The summed E-state index contributed by atoms with van der Waals surface area (Å²) in [4.78, 5) is 25.7. The number of nitrogens with zero attached hydrogens (tertiary/aromatic N) is 3. The van der Waals surface area contributed by atoms with Crippen molar-refractivity contribution in [3.63, 3.8) is 0 Å². The molecule has 1 heterocycles. The van der Waals surface area contributed by atoms with Crippen LogP contribution in [0.15, 0.2) is 16.9 Å². The van der Waals surface area contributed by atoms with Crippen LogP contribution < -0.4 is 5.56 Å². The molecule has 0 aromatic carbocycles. The van der Waals surface area contributed by atoms with Crippen molar-refractivity contribution in [1.29, 1.82) is 0 Å². The zero-order valence-electron chi connectivity index (χ0n) is 12.4. The van der Waals surface area contributed by atoms with Gasteiger partial charge in [-0.15, -0.1) is 0 Å². The van der Waals surface area contributed by atoms with Gasteiger partial charge in [0, 0.05) is 31.8 Å². The fourth-order valence-electron chi connectivity index (χ4n) is 1.92. The first-order chi connectivity index (χ1) is 9.51. The Morgan fingerprint density at radius 2 is 2.15 bits per heavy atom. The highest BCUT2D eigenvalue weighted by Crippen LogP contribution is 2.06. The van der Waals surface area contributed by atoms with Crippen molar-refractivity contribution < 1.29 is 9.90 Å². The Morgan fingerprint density at radius 1 is 1.45 bits per heavy atom. The van der Waals surface area contributed by atoms with E-state index < -0.39 is 0 Å². The standard InChI is InChI=1S/C14H23N3O3/c1-4-8-17-13(19)7-6-12(15-17)14(20)16(11(2)3)9-5-10-18/h6-7,11,18H,4-5,8-10H2,1-3H3. The molecule has 0 saturated heterocycles. The normalized spacial score (nSPS) is 10.8. The van der Waals surface area contributed by atoms with Gasteiger partial charge in [-0.05, 0) is 32.8 Å². The Bertz CT molecular complexity index is 497. The minimum Gasteiger partial charge on any atom is -0.396 e. The molecule has 1 aromatic heterocycles. The lowest BCUT2D eigenvalue weighted by Gasteiger charge is -2.26. The maximum absolute atomic E-state index is 12.4. The van der Waals surface area contributed by atoms with Gasteiger partial charge in [-0.1, -0.05) is 6.92 Å². The van der Waals surface area contributed by atoms with Crippen LogP contribution in [0.3, 0.4) is 0 Å². The van der Waals surface area contributed by atoms with E-state index in [9.17, 15) is 9.59 Å². The molecule has 0 aliphatic carbocycles. The van der Waals surface area contributed by atoms with Crippen LogP contribution in [-0.2, 0) is 6.54 Å². The predicted molar refractivity (Wildman–Crippen MR) is 76.7 cm³/mol. The predicted octanol–water partition coefficient (Wildman–Crippen LogP) is 0.886. The maximum atomic E-state index is 12.4. The van der Waals surface area contributed by atoms with E-state index in [0.717, 1.165) is 6.42 Å². The smallest absolute Gasteiger partial charge is 0.274 e. The number of aromatic nitrogens is 2. The van der Waals surface area contributed by atoms with Crippen LogP contribution in [0.4, 0.5) is 0 Å². The molecule has 6 heteroatoms. The van der Waals surface area contributed by atoms with Crippen molar-refractivity contribution in [3.8, 4) is 0 Å². The second kappa shape index (κ2) is 7.79. The molecular formula is C14H23N3O3. The van der Waals surface area contributed by atoms with Gasteiger partial charge in [0.2, 0.25) is 0 Å². The molecule has 0 unspecified atom stereocenters. The second-order valence-corrected chi connectivity index (χ2v) is 4.95. The lowest BCUT2D eigenvalue weighted by molar-refractivity contribution is 0.0684. The number of aliphatic hydroxyl groups excluding tert-OH is 1. The third kappa shape index (κ3) is 4.16. The number of carbonyl (C=O) groups is 1. The van der Waals surface area contributed by atoms with Gasteiger partial charge in [-0.25, -0.2) is 4.68 Å². The molecule has 112 valence electrons. The van der Waals surface area contributed by atoms with Crippen molar-refractivity contribution in [2.24, 2.45) is 0 Å². The average Bonchev–Trinajstić information content (AvgIpc) is 2.41. The number of aryl methyl sites for hydroxylation is 1. The molecule has 0 spiro atoms. The van der Waals surface area contributed by atoms with Gasteiger partial charge in [-0.2, -0.15) is 5.10 Å². The van der Waals surface area contributed by atoms with E-state index in [0.29, 0.717) is 19.5 Å². The topological polar surface area (TPSA) is 75.4 Å². The first-order valence-corrected chi connectivity index (χ1v) is 7.01. The zero-order chi connectivity index (χ0) is 15.1. The van der Waals surface area contributed by atoms with E-state index in [1.54, 1.807) is 4.90 Å². The molecule has 1 amide bonds. The molecule has 0 atom stereocenters. The Morgan fingerprint density at radius 3 is 2.70 bits per heavy atom. The fraction of sp³-hybridized carbons (Fsp3) is 0.643. The molecule has 0 radical (unpaired) electrons. The van der Waals surface area contributed by atoms with E-state index in [1.807, 2.05) is 20.8 Å². The summed E-state index contributed by atoms with van der Waals surface area (Å²) >= 11 is 0. The molecule has 0 aliphatic rings. The summed E-state index contributed by atoms with van der Waals surface area (Å²) in [5.74, 6) is -0.210. The van der Waals surface area contributed by atoms with Gasteiger partial charge < -0.3 is 10.0 Å². The van der Waals surface area contributed by atoms with Gasteiger partial charge in [0.25, 0.3) is 11.5 Å². The van der Waals surface area contributed by atoms with Crippen LogP contribution in [-0.4, -0.2) is 44.9 Å². The largest absolute Gasteiger partial charge is 0.396 e. The molecule has 0 saturated carbocycles. The van der Waals surface area contributed by atoms with Crippen LogP contribution in [0, 0.1) is 0 Å². The van der Waals surface area contributed by atoms with Crippen LogP contribution in [0.25, 0.3) is 0 Å². The molecular weight excluding hydrogens is 258 g/mol. The fourth-order valence-corrected chi connectivity index (χ4v) is 1.92. The van der Waals surface area contributed by atoms with E-state index >= 15 is 0 Å². The molecule has 0 aliphatic heterocycles. The maximum Gasteiger partial charge on any atom is 0.274 e. The molecule has 0 fully saturated rings. The van der Waals surface area contributed by atoms with Gasteiger partial charge >= 0.3 is 0 Å². The summed E-state index contributed by atoms with van der Waals surface area (Å²) in [5, 5.41) is 13.0. The van der Waals surface area contributed by atoms with Crippen molar-refractivity contribution in [1.82, 2.24) is 14.7 Å². The first kappa shape index (κ1) is 16.4. The molecule has 1 rings (SSSR count). The Balaban J connectivity index is 2.99. The van der Waals surface area contributed by atoms with E-state index in [1.165, 1.54) is 16.8 Å². The van der Waals surface area contributed by atoms with Gasteiger partial charge in [0.15, 0.2) is 0 Å². The summed E-state index contributed by atoms with van der Waals surface area (Å²) < 4.78 is 1.32. The first-order valence-electron chi connectivity index (χ1n) is 7.01. The van der Waals surface area contributed by atoms with Crippen molar-refractivity contribution in [2.75, 3.05) is 13.2 Å².